The highest BCUT2D eigenvalue weighted by atomic mass is 16.7. The Morgan fingerprint density at radius 3 is 2.87 bits per heavy atom. The number of benzene rings is 1. The average molecular weight is 315 g/mol. The summed E-state index contributed by atoms with van der Waals surface area (Å²) in [5.41, 5.74) is 1.92. The summed E-state index contributed by atoms with van der Waals surface area (Å²) in [6.07, 6.45) is 1.84. The van der Waals surface area contributed by atoms with Crippen molar-refractivity contribution >= 4 is 16.9 Å². The molecule has 122 valence electrons. The van der Waals surface area contributed by atoms with E-state index in [-0.39, 0.29) is 18.1 Å². The van der Waals surface area contributed by atoms with Crippen LogP contribution in [0.4, 0.5) is 0 Å². The minimum atomic E-state index is -0.163. The number of furan rings is 1. The third kappa shape index (κ3) is 2.86. The van der Waals surface area contributed by atoms with E-state index in [4.69, 9.17) is 13.9 Å². The average Bonchev–Trinajstić information content (AvgIpc) is 3.23. The van der Waals surface area contributed by atoms with Gasteiger partial charge in [0.15, 0.2) is 12.1 Å². The van der Waals surface area contributed by atoms with Gasteiger partial charge in [0.1, 0.15) is 5.58 Å². The van der Waals surface area contributed by atoms with Crippen molar-refractivity contribution in [3.63, 3.8) is 0 Å². The molecule has 1 unspecified atom stereocenters. The minimum absolute atomic E-state index is 0.0402. The predicted octanol–water partition coefficient (Wildman–Crippen LogP) is 2.97. The number of aryl methyl sites for hydroxylation is 1. The summed E-state index contributed by atoms with van der Waals surface area (Å²) >= 11 is 0. The molecule has 4 rings (SSSR count). The normalized spacial score (nSPS) is 22.8. The lowest BCUT2D eigenvalue weighted by atomic mass is 9.97. The lowest BCUT2D eigenvalue weighted by Gasteiger charge is -2.34. The van der Waals surface area contributed by atoms with E-state index in [0.29, 0.717) is 25.5 Å². The van der Waals surface area contributed by atoms with Crippen molar-refractivity contribution in [3.8, 4) is 0 Å². The first kappa shape index (κ1) is 14.7. The van der Waals surface area contributed by atoms with E-state index in [0.717, 1.165) is 35.9 Å². The molecule has 0 spiro atoms. The first-order chi connectivity index (χ1) is 11.2. The van der Waals surface area contributed by atoms with Crippen LogP contribution in [0, 0.1) is 12.8 Å². The predicted molar refractivity (Wildman–Crippen MR) is 85.3 cm³/mol. The summed E-state index contributed by atoms with van der Waals surface area (Å²) in [7, 11) is 0. The van der Waals surface area contributed by atoms with E-state index < -0.39 is 0 Å². The molecule has 0 N–H and O–H groups in total. The van der Waals surface area contributed by atoms with Crippen LogP contribution in [0.15, 0.2) is 28.7 Å². The molecule has 1 aromatic carbocycles. The lowest BCUT2D eigenvalue weighted by molar-refractivity contribution is -0.0970. The van der Waals surface area contributed by atoms with Crippen molar-refractivity contribution in [1.82, 2.24) is 4.90 Å². The molecule has 0 aliphatic carbocycles. The molecule has 2 saturated heterocycles. The number of carbonyl (C=O) groups excluding carboxylic acids is 1. The summed E-state index contributed by atoms with van der Waals surface area (Å²) in [6.45, 7) is 4.76. The molecular weight excluding hydrogens is 294 g/mol. The highest BCUT2D eigenvalue weighted by Gasteiger charge is 2.33. The van der Waals surface area contributed by atoms with Gasteiger partial charge in [0.2, 0.25) is 0 Å². The molecule has 0 saturated carbocycles. The van der Waals surface area contributed by atoms with E-state index >= 15 is 0 Å². The van der Waals surface area contributed by atoms with Crippen LogP contribution in [0.5, 0.6) is 0 Å². The van der Waals surface area contributed by atoms with Crippen LogP contribution in [-0.2, 0) is 9.47 Å². The fraction of sp³-hybridized carbons (Fsp3) is 0.500. The fourth-order valence-corrected chi connectivity index (χ4v) is 3.49. The summed E-state index contributed by atoms with van der Waals surface area (Å²) in [4.78, 5) is 14.6. The van der Waals surface area contributed by atoms with Gasteiger partial charge in [-0.25, -0.2) is 0 Å². The van der Waals surface area contributed by atoms with Crippen LogP contribution in [0.25, 0.3) is 11.0 Å². The van der Waals surface area contributed by atoms with Gasteiger partial charge in [-0.05, 0) is 38.0 Å². The Bertz CT molecular complexity index is 717. The Balaban J connectivity index is 1.52. The van der Waals surface area contributed by atoms with Gasteiger partial charge in [0, 0.05) is 24.4 Å². The van der Waals surface area contributed by atoms with Gasteiger partial charge in [-0.15, -0.1) is 0 Å². The molecule has 1 amide bonds. The van der Waals surface area contributed by atoms with Crippen LogP contribution in [0.3, 0.4) is 0 Å². The molecule has 0 radical (unpaired) electrons. The van der Waals surface area contributed by atoms with Gasteiger partial charge in [-0.2, -0.15) is 0 Å². The molecule has 2 aromatic rings. The highest BCUT2D eigenvalue weighted by Crippen LogP contribution is 2.27. The molecule has 5 heteroatoms. The molecule has 3 heterocycles. The number of hydrogen-bond donors (Lipinski definition) is 0. The maximum Gasteiger partial charge on any atom is 0.289 e. The SMILES string of the molecule is Cc1ccc2oc(C(=O)N3CCCC(C4OCCO4)C3)cc2c1. The molecule has 23 heavy (non-hydrogen) atoms. The number of carbonyl (C=O) groups is 1. The van der Waals surface area contributed by atoms with Gasteiger partial charge in [0.25, 0.3) is 5.91 Å². The van der Waals surface area contributed by atoms with Crippen molar-refractivity contribution in [1.29, 1.82) is 0 Å². The van der Waals surface area contributed by atoms with E-state index in [9.17, 15) is 4.79 Å². The molecular formula is C18H21NO4. The Kier molecular flexibility index (Phi) is 3.83. The number of hydrogen-bond acceptors (Lipinski definition) is 4. The van der Waals surface area contributed by atoms with Crippen LogP contribution in [0.1, 0.15) is 29.0 Å². The number of ether oxygens (including phenoxy) is 2. The molecule has 5 nitrogen and oxygen atoms in total. The quantitative estimate of drug-likeness (QED) is 0.855. The molecule has 1 atom stereocenters. The van der Waals surface area contributed by atoms with Gasteiger partial charge in [-0.3, -0.25) is 4.79 Å². The van der Waals surface area contributed by atoms with Crippen LogP contribution < -0.4 is 0 Å². The molecule has 2 aliphatic rings. The van der Waals surface area contributed by atoms with Crippen molar-refractivity contribution < 1.29 is 18.7 Å². The van der Waals surface area contributed by atoms with Crippen LogP contribution >= 0.6 is 0 Å². The number of rotatable bonds is 2. The summed E-state index contributed by atoms with van der Waals surface area (Å²) in [5, 5.41) is 0.976. The van der Waals surface area contributed by atoms with E-state index in [2.05, 4.69) is 0 Å². The van der Waals surface area contributed by atoms with Gasteiger partial charge in [-0.1, -0.05) is 11.6 Å². The topological polar surface area (TPSA) is 51.9 Å². The number of fused-ring (bicyclic) bond motifs is 1. The van der Waals surface area contributed by atoms with Gasteiger partial charge in [0.05, 0.1) is 13.2 Å². The zero-order valence-electron chi connectivity index (χ0n) is 13.3. The third-order valence-corrected chi connectivity index (χ3v) is 4.66. The second kappa shape index (κ2) is 5.98. The highest BCUT2D eigenvalue weighted by molar-refractivity contribution is 5.96. The standard InChI is InChI=1S/C18H21NO4/c1-12-4-5-15-14(9-12)10-16(23-15)17(20)19-6-2-3-13(11-19)18-21-7-8-22-18/h4-5,9-10,13,18H,2-3,6-8,11H2,1H3. The largest absolute Gasteiger partial charge is 0.451 e. The molecule has 2 fully saturated rings. The Morgan fingerprint density at radius 2 is 2.04 bits per heavy atom. The lowest BCUT2D eigenvalue weighted by Crippen LogP contribution is -2.43. The third-order valence-electron chi connectivity index (χ3n) is 4.66. The van der Waals surface area contributed by atoms with E-state index in [1.54, 1.807) is 0 Å². The smallest absolute Gasteiger partial charge is 0.289 e. The van der Waals surface area contributed by atoms with Gasteiger partial charge < -0.3 is 18.8 Å². The second-order valence-electron chi connectivity index (χ2n) is 6.42. The van der Waals surface area contributed by atoms with Gasteiger partial charge >= 0.3 is 0 Å². The first-order valence-electron chi connectivity index (χ1n) is 8.23. The fourth-order valence-electron chi connectivity index (χ4n) is 3.49. The van der Waals surface area contributed by atoms with Crippen LogP contribution in [0.2, 0.25) is 0 Å². The maximum absolute atomic E-state index is 12.8. The van der Waals surface area contributed by atoms with E-state index in [1.165, 1.54) is 0 Å². The van der Waals surface area contributed by atoms with Crippen molar-refractivity contribution in [2.24, 2.45) is 5.92 Å². The number of piperidine rings is 1. The maximum atomic E-state index is 12.8. The number of amides is 1. The number of nitrogens with zero attached hydrogens (tertiary/aromatic N) is 1. The summed E-state index contributed by atoms with van der Waals surface area (Å²) in [5.74, 6) is 0.628. The zero-order chi connectivity index (χ0) is 15.8. The minimum Gasteiger partial charge on any atom is -0.451 e. The molecule has 0 bridgehead atoms. The summed E-state index contributed by atoms with van der Waals surface area (Å²) in [6, 6.07) is 7.79. The first-order valence-corrected chi connectivity index (χ1v) is 8.23. The number of likely N-dealkylation sites (tertiary alicyclic amines) is 1. The summed E-state index contributed by atoms with van der Waals surface area (Å²) < 4.78 is 17.0. The van der Waals surface area contributed by atoms with E-state index in [1.807, 2.05) is 36.1 Å². The van der Waals surface area contributed by atoms with Crippen molar-refractivity contribution in [2.45, 2.75) is 26.1 Å². The second-order valence-corrected chi connectivity index (χ2v) is 6.42. The van der Waals surface area contributed by atoms with Crippen molar-refractivity contribution in [3.05, 3.63) is 35.6 Å². The Hall–Kier alpha value is -1.85. The Labute approximate surface area is 135 Å². The molecule has 2 aliphatic heterocycles. The molecule has 1 aromatic heterocycles. The zero-order valence-corrected chi connectivity index (χ0v) is 13.3. The van der Waals surface area contributed by atoms with Crippen molar-refractivity contribution in [2.75, 3.05) is 26.3 Å². The monoisotopic (exact) mass is 315 g/mol. The Morgan fingerprint density at radius 1 is 1.22 bits per heavy atom. The van der Waals surface area contributed by atoms with Crippen LogP contribution in [-0.4, -0.2) is 43.4 Å².